The minimum atomic E-state index is -1.22. The van der Waals surface area contributed by atoms with Gasteiger partial charge in [-0.15, -0.1) is 0 Å². The highest BCUT2D eigenvalue weighted by molar-refractivity contribution is 5.96. The Kier molecular flexibility index (Phi) is 5.99. The minimum Gasteiger partial charge on any atom is -0.493 e. The Labute approximate surface area is 186 Å². The first-order valence-corrected chi connectivity index (χ1v) is 10.5. The first kappa shape index (κ1) is 21.6. The zero-order valence-electron chi connectivity index (χ0n) is 18.3. The van der Waals surface area contributed by atoms with E-state index in [0.717, 1.165) is 22.6 Å². The zero-order chi connectivity index (χ0) is 22.7. The predicted molar refractivity (Wildman–Crippen MR) is 116 cm³/mol. The largest absolute Gasteiger partial charge is 0.493 e. The van der Waals surface area contributed by atoms with Crippen molar-refractivity contribution in [3.8, 4) is 17.2 Å². The quantitative estimate of drug-likeness (QED) is 0.405. The second-order valence-corrected chi connectivity index (χ2v) is 8.13. The zero-order valence-corrected chi connectivity index (χ0v) is 18.3. The molecule has 3 aromatic rings. The van der Waals surface area contributed by atoms with Crippen LogP contribution in [-0.4, -0.2) is 29.3 Å². The highest BCUT2D eigenvalue weighted by Gasteiger charge is 2.43. The fraction of sp³-hybridized carbons (Fsp3) is 0.320. The number of rotatable bonds is 7. The van der Waals surface area contributed by atoms with Crippen molar-refractivity contribution in [2.45, 2.75) is 39.4 Å². The van der Waals surface area contributed by atoms with Gasteiger partial charge in [-0.3, -0.25) is 9.59 Å². The van der Waals surface area contributed by atoms with Crippen LogP contribution in [0.2, 0.25) is 0 Å². The molecule has 0 spiro atoms. The average Bonchev–Trinajstić information content (AvgIpc) is 3.12. The Morgan fingerprint density at radius 1 is 0.969 bits per heavy atom. The molecule has 166 valence electrons. The van der Waals surface area contributed by atoms with Crippen LogP contribution in [0.3, 0.4) is 0 Å². The van der Waals surface area contributed by atoms with Gasteiger partial charge in [0, 0.05) is 25.8 Å². The highest BCUT2D eigenvalue weighted by Crippen LogP contribution is 2.26. The Morgan fingerprint density at radius 2 is 1.62 bits per heavy atom. The molecule has 1 aliphatic heterocycles. The van der Waals surface area contributed by atoms with E-state index in [2.05, 4.69) is 4.98 Å². The molecule has 1 saturated heterocycles. The minimum absolute atomic E-state index is 0.217. The third kappa shape index (κ3) is 4.99. The van der Waals surface area contributed by atoms with Crippen molar-refractivity contribution in [1.29, 1.82) is 0 Å². The Morgan fingerprint density at radius 3 is 2.28 bits per heavy atom. The Hall–Kier alpha value is -3.61. The molecule has 32 heavy (non-hydrogen) atoms. The van der Waals surface area contributed by atoms with Crippen LogP contribution in [0.1, 0.15) is 30.9 Å². The molecule has 0 N–H and O–H groups in total. The van der Waals surface area contributed by atoms with Crippen molar-refractivity contribution >= 4 is 11.9 Å². The summed E-state index contributed by atoms with van der Waals surface area (Å²) in [6, 6.07) is 17.0. The van der Waals surface area contributed by atoms with Crippen molar-refractivity contribution in [1.82, 2.24) is 4.98 Å². The summed E-state index contributed by atoms with van der Waals surface area (Å²) in [5.74, 6) is -1.24. The fourth-order valence-electron chi connectivity index (χ4n) is 3.50. The van der Waals surface area contributed by atoms with Crippen LogP contribution in [0.5, 0.6) is 5.75 Å². The van der Waals surface area contributed by atoms with E-state index in [0.29, 0.717) is 24.7 Å². The molecular formula is C25H25NO6. The van der Waals surface area contributed by atoms with Gasteiger partial charge in [-0.05, 0) is 43.2 Å². The summed E-state index contributed by atoms with van der Waals surface area (Å²) in [7, 11) is 0. The van der Waals surface area contributed by atoms with E-state index in [9.17, 15) is 9.59 Å². The molecule has 0 bridgehead atoms. The third-order valence-corrected chi connectivity index (χ3v) is 5.15. The van der Waals surface area contributed by atoms with Crippen LogP contribution in [0.4, 0.5) is 0 Å². The number of hydrogen-bond donors (Lipinski definition) is 0. The number of carbonyl (C=O) groups is 2. The van der Waals surface area contributed by atoms with Crippen LogP contribution in [0.15, 0.2) is 59.0 Å². The van der Waals surface area contributed by atoms with Gasteiger partial charge < -0.3 is 18.6 Å². The second-order valence-electron chi connectivity index (χ2n) is 8.13. The number of aryl methyl sites for hydroxylation is 1. The molecule has 1 aliphatic rings. The summed E-state index contributed by atoms with van der Waals surface area (Å²) in [5, 5.41) is 0. The van der Waals surface area contributed by atoms with E-state index in [1.165, 1.54) is 13.8 Å². The first-order chi connectivity index (χ1) is 15.3. The number of cyclic esters (lactones) is 2. The Bertz CT molecular complexity index is 1080. The number of benzene rings is 2. The van der Waals surface area contributed by atoms with Crippen LogP contribution in [0, 0.1) is 12.8 Å². The van der Waals surface area contributed by atoms with Crippen LogP contribution in [0.25, 0.3) is 11.5 Å². The predicted octanol–water partition coefficient (Wildman–Crippen LogP) is 4.27. The second kappa shape index (κ2) is 8.86. The maximum atomic E-state index is 12.1. The van der Waals surface area contributed by atoms with Crippen molar-refractivity contribution in [3.63, 3.8) is 0 Å². The molecule has 7 nitrogen and oxygen atoms in total. The SMILES string of the molecule is Cc1oc(-c2ccccc2)nc1CCOc1ccc(CC2C(=O)OC(C)(C)OC2=O)cc1. The number of nitrogens with zero attached hydrogens (tertiary/aromatic N) is 1. The van der Waals surface area contributed by atoms with Crippen molar-refractivity contribution in [2.24, 2.45) is 5.92 Å². The van der Waals surface area contributed by atoms with Crippen LogP contribution < -0.4 is 4.74 Å². The molecule has 0 amide bonds. The molecule has 7 heteroatoms. The molecule has 4 rings (SSSR count). The number of carbonyl (C=O) groups excluding carboxylic acids is 2. The monoisotopic (exact) mass is 435 g/mol. The fourth-order valence-corrected chi connectivity index (χ4v) is 3.50. The molecule has 0 atom stereocenters. The Balaban J connectivity index is 1.31. The van der Waals surface area contributed by atoms with Gasteiger partial charge in [-0.25, -0.2) is 4.98 Å². The number of hydrogen-bond acceptors (Lipinski definition) is 7. The lowest BCUT2D eigenvalue weighted by molar-refractivity contribution is -0.239. The molecule has 0 unspecified atom stereocenters. The van der Waals surface area contributed by atoms with Gasteiger partial charge in [0.2, 0.25) is 5.89 Å². The molecule has 0 radical (unpaired) electrons. The normalized spacial score (nSPS) is 15.8. The van der Waals surface area contributed by atoms with E-state index in [1.54, 1.807) is 0 Å². The molecular weight excluding hydrogens is 410 g/mol. The van der Waals surface area contributed by atoms with E-state index >= 15 is 0 Å². The molecule has 0 aliphatic carbocycles. The molecule has 1 aromatic heterocycles. The maximum Gasteiger partial charge on any atom is 0.323 e. The standard InChI is InChI=1S/C25H25NO6/c1-16-21(26-22(30-16)18-7-5-4-6-8-18)13-14-29-19-11-9-17(10-12-19)15-20-23(27)31-25(2,3)32-24(20)28/h4-12,20H,13-15H2,1-3H3. The molecule has 2 heterocycles. The van der Waals surface area contributed by atoms with Crippen molar-refractivity contribution in [3.05, 3.63) is 71.6 Å². The summed E-state index contributed by atoms with van der Waals surface area (Å²) in [6.45, 7) is 5.41. The lowest BCUT2D eigenvalue weighted by Crippen LogP contribution is -2.46. The van der Waals surface area contributed by atoms with E-state index < -0.39 is 23.6 Å². The summed E-state index contributed by atoms with van der Waals surface area (Å²) < 4.78 is 21.9. The molecule has 0 saturated carbocycles. The van der Waals surface area contributed by atoms with Gasteiger partial charge in [0.05, 0.1) is 12.3 Å². The first-order valence-electron chi connectivity index (χ1n) is 10.5. The van der Waals surface area contributed by atoms with Gasteiger partial charge >= 0.3 is 11.9 Å². The van der Waals surface area contributed by atoms with Crippen molar-refractivity contribution < 1.29 is 28.2 Å². The number of esters is 2. The van der Waals surface area contributed by atoms with Gasteiger partial charge in [0.25, 0.3) is 5.79 Å². The van der Waals surface area contributed by atoms with E-state index in [4.69, 9.17) is 18.6 Å². The summed E-state index contributed by atoms with van der Waals surface area (Å²) in [4.78, 5) is 28.8. The van der Waals surface area contributed by atoms with Crippen LogP contribution >= 0.6 is 0 Å². The average molecular weight is 435 g/mol. The topological polar surface area (TPSA) is 87.9 Å². The van der Waals surface area contributed by atoms with Gasteiger partial charge in [-0.1, -0.05) is 30.3 Å². The van der Waals surface area contributed by atoms with Gasteiger partial charge in [0.15, 0.2) is 5.92 Å². The lowest BCUT2D eigenvalue weighted by Gasteiger charge is -2.32. The lowest BCUT2D eigenvalue weighted by atomic mass is 9.98. The summed E-state index contributed by atoms with van der Waals surface area (Å²) >= 11 is 0. The highest BCUT2D eigenvalue weighted by atomic mass is 16.7. The molecule has 1 fully saturated rings. The maximum absolute atomic E-state index is 12.1. The molecule has 2 aromatic carbocycles. The number of aromatic nitrogens is 1. The van der Waals surface area contributed by atoms with Gasteiger partial charge in [0.1, 0.15) is 11.5 Å². The van der Waals surface area contributed by atoms with E-state index in [1.807, 2.05) is 61.5 Å². The van der Waals surface area contributed by atoms with Crippen LogP contribution in [-0.2, 0) is 31.9 Å². The summed E-state index contributed by atoms with van der Waals surface area (Å²) in [6.07, 6.45) is 0.827. The number of ether oxygens (including phenoxy) is 3. The smallest absolute Gasteiger partial charge is 0.323 e. The van der Waals surface area contributed by atoms with Gasteiger partial charge in [-0.2, -0.15) is 0 Å². The van der Waals surface area contributed by atoms with E-state index in [-0.39, 0.29) is 6.42 Å². The number of oxazole rings is 1. The third-order valence-electron chi connectivity index (χ3n) is 5.15. The van der Waals surface area contributed by atoms with Crippen molar-refractivity contribution in [2.75, 3.05) is 6.61 Å². The summed E-state index contributed by atoms with van der Waals surface area (Å²) in [5.41, 5.74) is 2.61.